The van der Waals surface area contributed by atoms with Crippen LogP contribution in [0.1, 0.15) is 30.4 Å². The highest BCUT2D eigenvalue weighted by Gasteiger charge is 2.64. The second-order valence-electron chi connectivity index (χ2n) is 8.21. The quantitative estimate of drug-likeness (QED) is 0.532. The Balaban J connectivity index is 1.30. The molecule has 29 heavy (non-hydrogen) atoms. The van der Waals surface area contributed by atoms with E-state index in [1.165, 1.54) is 15.9 Å². The molecular weight excluding hydrogens is 378 g/mol. The zero-order valence-corrected chi connectivity index (χ0v) is 16.9. The van der Waals surface area contributed by atoms with Crippen LogP contribution >= 0.6 is 12.2 Å². The lowest BCUT2D eigenvalue weighted by Gasteiger charge is -2.19. The van der Waals surface area contributed by atoms with Crippen molar-refractivity contribution < 1.29 is 9.63 Å². The van der Waals surface area contributed by atoms with Crippen LogP contribution in [0.3, 0.4) is 0 Å². The molecule has 0 unspecified atom stereocenters. The lowest BCUT2D eigenvalue weighted by molar-refractivity contribution is -0.144. The summed E-state index contributed by atoms with van der Waals surface area (Å²) in [6.07, 6.45) is 4.39. The van der Waals surface area contributed by atoms with Crippen molar-refractivity contribution in [3.63, 3.8) is 0 Å². The zero-order chi connectivity index (χ0) is 19.8. The van der Waals surface area contributed by atoms with Crippen molar-refractivity contribution in [1.82, 2.24) is 4.73 Å². The molecular formula is C25H23NO2S. The van der Waals surface area contributed by atoms with E-state index in [1.807, 2.05) is 6.07 Å². The van der Waals surface area contributed by atoms with Crippen LogP contribution in [0, 0.1) is 22.4 Å². The summed E-state index contributed by atoms with van der Waals surface area (Å²) in [5.41, 5.74) is 2.87. The van der Waals surface area contributed by atoms with Gasteiger partial charge in [0.25, 0.3) is 0 Å². The average Bonchev–Trinajstić information content (AvgIpc) is 3.66. The molecule has 0 N–H and O–H groups in total. The highest BCUT2D eigenvalue weighted by atomic mass is 32.1. The SMILES string of the molecule is O=C(C[C@H]1C[C@@H]1[C@H]1CC1(c1ccccc1)c1ccccc1)On1ccccc1=S. The number of carbonyl (C=O) groups is 1. The van der Waals surface area contributed by atoms with E-state index in [0.717, 1.165) is 12.8 Å². The van der Waals surface area contributed by atoms with Crippen LogP contribution in [0.2, 0.25) is 0 Å². The third-order valence-corrected chi connectivity index (χ3v) is 6.82. The van der Waals surface area contributed by atoms with Crippen molar-refractivity contribution in [2.75, 3.05) is 0 Å². The van der Waals surface area contributed by atoms with E-state index < -0.39 is 0 Å². The van der Waals surface area contributed by atoms with Crippen molar-refractivity contribution >= 4 is 18.2 Å². The van der Waals surface area contributed by atoms with Crippen LogP contribution in [-0.2, 0) is 10.2 Å². The van der Waals surface area contributed by atoms with Crippen molar-refractivity contribution in [1.29, 1.82) is 0 Å². The van der Waals surface area contributed by atoms with Gasteiger partial charge in [0.05, 0.1) is 6.42 Å². The Labute approximate surface area is 175 Å². The first-order valence-corrected chi connectivity index (χ1v) is 10.6. The second kappa shape index (κ2) is 7.27. The van der Waals surface area contributed by atoms with Gasteiger partial charge >= 0.3 is 5.97 Å². The molecule has 1 aromatic heterocycles. The van der Waals surface area contributed by atoms with Crippen molar-refractivity contribution in [3.05, 3.63) is 101 Å². The summed E-state index contributed by atoms with van der Waals surface area (Å²) in [6.45, 7) is 0. The Hall–Kier alpha value is -2.72. The van der Waals surface area contributed by atoms with Crippen molar-refractivity contribution in [3.8, 4) is 0 Å². The minimum absolute atomic E-state index is 0.0911. The standard InChI is InChI=1S/C25H23NO2S/c27-24(28-26-14-8-7-13-23(26)29)16-18-15-21(18)22-17-25(22,19-9-3-1-4-10-19)20-11-5-2-6-12-20/h1-14,18,21-22H,15-17H2/t18-,21+,22-/m1/s1. The lowest BCUT2D eigenvalue weighted by Crippen LogP contribution is -2.21. The van der Waals surface area contributed by atoms with Gasteiger partial charge in [-0.05, 0) is 53.9 Å². The van der Waals surface area contributed by atoms with E-state index in [1.54, 1.807) is 18.3 Å². The number of rotatable bonds is 6. The minimum atomic E-state index is -0.203. The highest BCUT2D eigenvalue weighted by molar-refractivity contribution is 7.71. The van der Waals surface area contributed by atoms with Gasteiger partial charge in [-0.2, -0.15) is 4.73 Å². The van der Waals surface area contributed by atoms with E-state index in [4.69, 9.17) is 17.1 Å². The smallest absolute Gasteiger partial charge is 0.333 e. The fourth-order valence-electron chi connectivity index (χ4n) is 4.95. The van der Waals surface area contributed by atoms with Gasteiger partial charge < -0.3 is 4.84 Å². The van der Waals surface area contributed by atoms with Crippen LogP contribution in [0.15, 0.2) is 85.1 Å². The number of hydrogen-bond acceptors (Lipinski definition) is 3. The highest BCUT2D eigenvalue weighted by Crippen LogP contribution is 2.68. The van der Waals surface area contributed by atoms with Gasteiger partial charge in [-0.3, -0.25) is 0 Å². The van der Waals surface area contributed by atoms with E-state index in [-0.39, 0.29) is 11.4 Å². The molecule has 0 saturated heterocycles. The Bertz CT molecular complexity index is 1040. The molecule has 0 bridgehead atoms. The van der Waals surface area contributed by atoms with E-state index in [0.29, 0.717) is 28.8 Å². The predicted molar refractivity (Wildman–Crippen MR) is 115 cm³/mol. The van der Waals surface area contributed by atoms with Gasteiger partial charge in [0, 0.05) is 11.6 Å². The molecule has 2 aliphatic rings. The van der Waals surface area contributed by atoms with Gasteiger partial charge in [-0.15, -0.1) is 0 Å². The van der Waals surface area contributed by atoms with Crippen LogP contribution in [0.4, 0.5) is 0 Å². The minimum Gasteiger partial charge on any atom is -0.336 e. The van der Waals surface area contributed by atoms with Gasteiger partial charge in [0.1, 0.15) is 4.64 Å². The molecule has 3 nitrogen and oxygen atoms in total. The van der Waals surface area contributed by atoms with Crippen LogP contribution < -0.4 is 4.84 Å². The summed E-state index contributed by atoms with van der Waals surface area (Å²) in [6, 6.07) is 27.0. The molecule has 2 fully saturated rings. The molecule has 0 amide bonds. The van der Waals surface area contributed by atoms with Crippen LogP contribution in [0.25, 0.3) is 0 Å². The van der Waals surface area contributed by atoms with Crippen LogP contribution in [0.5, 0.6) is 0 Å². The first kappa shape index (κ1) is 18.3. The normalized spacial score (nSPS) is 23.9. The number of pyridine rings is 1. The zero-order valence-electron chi connectivity index (χ0n) is 16.1. The third kappa shape index (κ3) is 3.42. The lowest BCUT2D eigenvalue weighted by atomic mass is 9.84. The molecule has 5 rings (SSSR count). The number of hydrogen-bond donors (Lipinski definition) is 0. The number of benzene rings is 2. The Morgan fingerprint density at radius 3 is 2.21 bits per heavy atom. The topological polar surface area (TPSA) is 31.2 Å². The monoisotopic (exact) mass is 401 g/mol. The van der Waals surface area contributed by atoms with Gasteiger partial charge in [-0.1, -0.05) is 78.9 Å². The maximum Gasteiger partial charge on any atom is 0.333 e. The molecule has 0 radical (unpaired) electrons. The predicted octanol–water partition coefficient (Wildman–Crippen LogP) is 5.21. The first-order valence-electron chi connectivity index (χ1n) is 10.2. The second-order valence-corrected chi connectivity index (χ2v) is 8.62. The summed E-state index contributed by atoms with van der Waals surface area (Å²) < 4.78 is 1.88. The molecule has 3 aromatic rings. The Kier molecular flexibility index (Phi) is 4.59. The van der Waals surface area contributed by atoms with E-state index in [2.05, 4.69) is 60.7 Å². The molecule has 2 aromatic carbocycles. The summed E-state index contributed by atoms with van der Waals surface area (Å²) in [5.74, 6) is 1.36. The molecule has 1 heterocycles. The molecule has 4 heteroatoms. The summed E-state index contributed by atoms with van der Waals surface area (Å²) in [5, 5.41) is 0. The summed E-state index contributed by atoms with van der Waals surface area (Å²) in [4.78, 5) is 17.9. The molecule has 0 spiro atoms. The van der Waals surface area contributed by atoms with Gasteiger partial charge in [-0.25, -0.2) is 4.79 Å². The van der Waals surface area contributed by atoms with Crippen molar-refractivity contribution in [2.24, 2.45) is 17.8 Å². The fourth-order valence-corrected chi connectivity index (χ4v) is 5.13. The number of aromatic nitrogens is 1. The number of nitrogens with zero attached hydrogens (tertiary/aromatic N) is 1. The maximum absolute atomic E-state index is 12.4. The fraction of sp³-hybridized carbons (Fsp3) is 0.280. The average molecular weight is 402 g/mol. The number of carbonyl (C=O) groups excluding carboxylic acids is 1. The molecule has 2 aliphatic carbocycles. The van der Waals surface area contributed by atoms with Gasteiger partial charge in [0.15, 0.2) is 0 Å². The molecule has 3 atom stereocenters. The maximum atomic E-state index is 12.4. The van der Waals surface area contributed by atoms with Crippen molar-refractivity contribution in [2.45, 2.75) is 24.7 Å². The van der Waals surface area contributed by atoms with Gasteiger partial charge in [0.2, 0.25) is 0 Å². The summed E-state index contributed by atoms with van der Waals surface area (Å²) >= 11 is 5.20. The summed E-state index contributed by atoms with van der Waals surface area (Å²) in [7, 11) is 0. The first-order chi connectivity index (χ1) is 14.2. The molecule has 146 valence electrons. The van der Waals surface area contributed by atoms with E-state index in [9.17, 15) is 4.79 Å². The Morgan fingerprint density at radius 1 is 0.966 bits per heavy atom. The Morgan fingerprint density at radius 2 is 1.59 bits per heavy atom. The third-order valence-electron chi connectivity index (χ3n) is 6.50. The largest absolute Gasteiger partial charge is 0.336 e. The molecule has 2 saturated carbocycles. The van der Waals surface area contributed by atoms with Crippen LogP contribution in [-0.4, -0.2) is 10.7 Å². The molecule has 0 aliphatic heterocycles. The van der Waals surface area contributed by atoms with E-state index >= 15 is 0 Å².